The van der Waals surface area contributed by atoms with Crippen LogP contribution in [0.25, 0.3) is 21.8 Å². The van der Waals surface area contributed by atoms with E-state index < -0.39 is 17.9 Å². The van der Waals surface area contributed by atoms with E-state index in [9.17, 15) is 19.8 Å². The van der Waals surface area contributed by atoms with Crippen molar-refractivity contribution in [1.82, 2.24) is 15.0 Å². The fourth-order valence-electron chi connectivity index (χ4n) is 4.19. The van der Waals surface area contributed by atoms with Crippen LogP contribution >= 0.6 is 0 Å². The molecule has 9 heteroatoms. The molecule has 0 bridgehead atoms. The number of anilines is 2. The molecule has 1 unspecified atom stereocenters. The third kappa shape index (κ3) is 3.53. The molecule has 0 aliphatic carbocycles. The highest BCUT2D eigenvalue weighted by molar-refractivity contribution is 6.05. The minimum Gasteiger partial charge on any atom is -0.481 e. The SMILES string of the molecule is CCc1c(CC(C(=O)O)c2ccc(C(=O)O)c3ccccc23)cnc2nc(N)nc(N)c12. The first kappa shape index (κ1) is 21.0. The fourth-order valence-corrected chi connectivity index (χ4v) is 4.19. The van der Waals surface area contributed by atoms with Crippen molar-refractivity contribution < 1.29 is 19.8 Å². The Hall–Kier alpha value is -4.27. The highest BCUT2D eigenvalue weighted by Gasteiger charge is 2.26. The van der Waals surface area contributed by atoms with Crippen molar-refractivity contribution in [2.45, 2.75) is 25.7 Å². The summed E-state index contributed by atoms with van der Waals surface area (Å²) in [7, 11) is 0. The molecule has 9 nitrogen and oxygen atoms in total. The summed E-state index contributed by atoms with van der Waals surface area (Å²) in [5.41, 5.74) is 14.3. The molecule has 2 aromatic carbocycles. The average Bonchev–Trinajstić information content (AvgIpc) is 2.76. The van der Waals surface area contributed by atoms with Crippen LogP contribution in [-0.2, 0) is 17.6 Å². The molecular formula is C23H21N5O4. The first-order valence-corrected chi connectivity index (χ1v) is 9.99. The van der Waals surface area contributed by atoms with Gasteiger partial charge < -0.3 is 21.7 Å². The van der Waals surface area contributed by atoms with Gasteiger partial charge in [-0.3, -0.25) is 4.79 Å². The van der Waals surface area contributed by atoms with Gasteiger partial charge in [0.15, 0.2) is 5.65 Å². The Bertz CT molecular complexity index is 1390. The molecule has 1 atom stereocenters. The van der Waals surface area contributed by atoms with E-state index in [4.69, 9.17) is 11.5 Å². The third-order valence-corrected chi connectivity index (χ3v) is 5.61. The van der Waals surface area contributed by atoms with Crippen molar-refractivity contribution in [3.8, 4) is 0 Å². The molecule has 0 amide bonds. The Labute approximate surface area is 182 Å². The normalized spacial score (nSPS) is 12.2. The zero-order valence-corrected chi connectivity index (χ0v) is 17.2. The van der Waals surface area contributed by atoms with E-state index in [0.717, 1.165) is 5.56 Å². The number of nitrogens with two attached hydrogens (primary N) is 2. The van der Waals surface area contributed by atoms with Crippen molar-refractivity contribution in [1.29, 1.82) is 0 Å². The first-order valence-electron chi connectivity index (χ1n) is 9.99. The van der Waals surface area contributed by atoms with Crippen molar-refractivity contribution in [3.05, 3.63) is 64.8 Å². The van der Waals surface area contributed by atoms with Gasteiger partial charge in [0, 0.05) is 6.20 Å². The number of carboxylic acids is 2. The number of hydrogen-bond donors (Lipinski definition) is 4. The van der Waals surface area contributed by atoms with E-state index in [1.54, 1.807) is 36.5 Å². The number of fused-ring (bicyclic) bond motifs is 2. The summed E-state index contributed by atoms with van der Waals surface area (Å²) in [6, 6.07) is 9.92. The smallest absolute Gasteiger partial charge is 0.336 e. The number of carbonyl (C=O) groups is 2. The number of benzene rings is 2. The summed E-state index contributed by atoms with van der Waals surface area (Å²) in [4.78, 5) is 36.5. The molecule has 0 fully saturated rings. The topological polar surface area (TPSA) is 165 Å². The number of aromatic carboxylic acids is 1. The Morgan fingerprint density at radius 3 is 2.41 bits per heavy atom. The van der Waals surface area contributed by atoms with Crippen molar-refractivity contribution >= 4 is 45.5 Å². The largest absolute Gasteiger partial charge is 0.481 e. The summed E-state index contributed by atoms with van der Waals surface area (Å²) >= 11 is 0. The van der Waals surface area contributed by atoms with Gasteiger partial charge in [0.25, 0.3) is 0 Å². The standard InChI is InChI=1S/C23H21N5O4/c1-2-12-11(10-26-20-18(12)19(24)27-23(25)28-20)9-17(22(31)32)15-7-8-16(21(29)30)14-6-4-3-5-13(14)15/h3-8,10,17H,2,9H2,1H3,(H,29,30)(H,31,32)(H4,24,25,26,27,28). The van der Waals surface area contributed by atoms with Crippen molar-refractivity contribution in [2.75, 3.05) is 11.5 Å². The first-order chi connectivity index (χ1) is 15.3. The van der Waals surface area contributed by atoms with Gasteiger partial charge in [-0.25, -0.2) is 9.78 Å². The Balaban J connectivity index is 1.88. The quantitative estimate of drug-likeness (QED) is 0.359. The van der Waals surface area contributed by atoms with E-state index in [1.165, 1.54) is 6.07 Å². The molecule has 6 N–H and O–H groups in total. The summed E-state index contributed by atoms with van der Waals surface area (Å²) in [5.74, 6) is -2.81. The molecule has 4 rings (SSSR count). The fraction of sp³-hybridized carbons (Fsp3) is 0.174. The number of pyridine rings is 1. The van der Waals surface area contributed by atoms with E-state index >= 15 is 0 Å². The van der Waals surface area contributed by atoms with Crippen LogP contribution in [-0.4, -0.2) is 37.1 Å². The Morgan fingerprint density at radius 1 is 1.03 bits per heavy atom. The number of aliphatic carboxylic acids is 1. The number of aromatic nitrogens is 3. The number of nitrogen functional groups attached to an aromatic ring is 2. The lowest BCUT2D eigenvalue weighted by molar-refractivity contribution is -0.138. The zero-order chi connectivity index (χ0) is 23.0. The maximum Gasteiger partial charge on any atom is 0.336 e. The molecule has 32 heavy (non-hydrogen) atoms. The molecule has 2 heterocycles. The number of nitrogens with zero attached hydrogens (tertiary/aromatic N) is 3. The van der Waals surface area contributed by atoms with Crippen molar-refractivity contribution in [3.63, 3.8) is 0 Å². The molecule has 0 saturated heterocycles. The minimum absolute atomic E-state index is 0.0192. The lowest BCUT2D eigenvalue weighted by Crippen LogP contribution is -2.17. The van der Waals surface area contributed by atoms with Crippen LogP contribution in [0.15, 0.2) is 42.6 Å². The van der Waals surface area contributed by atoms with E-state index in [1.807, 2.05) is 6.92 Å². The average molecular weight is 431 g/mol. The second-order valence-corrected chi connectivity index (χ2v) is 7.43. The number of hydrogen-bond acceptors (Lipinski definition) is 7. The molecule has 162 valence electrons. The molecular weight excluding hydrogens is 410 g/mol. The summed E-state index contributed by atoms with van der Waals surface area (Å²) in [5, 5.41) is 21.2. The molecule has 0 aliphatic rings. The van der Waals surface area contributed by atoms with Crippen LogP contribution in [0, 0.1) is 0 Å². The van der Waals surface area contributed by atoms with Gasteiger partial charge in [-0.1, -0.05) is 37.3 Å². The Morgan fingerprint density at radius 2 is 1.75 bits per heavy atom. The maximum absolute atomic E-state index is 12.3. The van der Waals surface area contributed by atoms with Crippen LogP contribution in [0.3, 0.4) is 0 Å². The molecule has 0 spiro atoms. The number of aryl methyl sites for hydroxylation is 1. The highest BCUT2D eigenvalue weighted by Crippen LogP contribution is 2.33. The Kier molecular flexibility index (Phi) is 5.31. The van der Waals surface area contributed by atoms with Gasteiger partial charge in [-0.2, -0.15) is 9.97 Å². The van der Waals surface area contributed by atoms with Gasteiger partial charge in [-0.15, -0.1) is 0 Å². The van der Waals surface area contributed by atoms with Gasteiger partial charge in [0.1, 0.15) is 5.82 Å². The molecule has 0 radical (unpaired) electrons. The lowest BCUT2D eigenvalue weighted by Gasteiger charge is -2.19. The lowest BCUT2D eigenvalue weighted by atomic mass is 9.86. The van der Waals surface area contributed by atoms with Crippen LogP contribution < -0.4 is 11.5 Å². The van der Waals surface area contributed by atoms with Crippen LogP contribution in [0.5, 0.6) is 0 Å². The predicted octanol–water partition coefficient (Wildman–Crippen LogP) is 3.01. The summed E-state index contributed by atoms with van der Waals surface area (Å²) in [6.45, 7) is 1.93. The zero-order valence-electron chi connectivity index (χ0n) is 17.2. The van der Waals surface area contributed by atoms with Gasteiger partial charge in [-0.05, 0) is 46.4 Å². The van der Waals surface area contributed by atoms with Crippen LogP contribution in [0.2, 0.25) is 0 Å². The summed E-state index contributed by atoms with van der Waals surface area (Å²) in [6.07, 6.45) is 2.30. The van der Waals surface area contributed by atoms with Gasteiger partial charge in [0.2, 0.25) is 5.95 Å². The van der Waals surface area contributed by atoms with Crippen LogP contribution in [0.4, 0.5) is 11.8 Å². The minimum atomic E-state index is -1.07. The van der Waals surface area contributed by atoms with Gasteiger partial charge >= 0.3 is 11.9 Å². The van der Waals surface area contributed by atoms with E-state index in [2.05, 4.69) is 15.0 Å². The third-order valence-electron chi connectivity index (χ3n) is 5.61. The predicted molar refractivity (Wildman–Crippen MR) is 121 cm³/mol. The molecule has 4 aromatic rings. The van der Waals surface area contributed by atoms with Gasteiger partial charge in [0.05, 0.1) is 16.9 Å². The van der Waals surface area contributed by atoms with Crippen molar-refractivity contribution in [2.24, 2.45) is 0 Å². The van der Waals surface area contributed by atoms with E-state index in [-0.39, 0.29) is 23.8 Å². The molecule has 2 aromatic heterocycles. The monoisotopic (exact) mass is 431 g/mol. The molecule has 0 saturated carbocycles. The highest BCUT2D eigenvalue weighted by atomic mass is 16.4. The van der Waals surface area contributed by atoms with E-state index in [0.29, 0.717) is 39.4 Å². The van der Waals surface area contributed by atoms with Crippen LogP contribution in [0.1, 0.15) is 39.9 Å². The summed E-state index contributed by atoms with van der Waals surface area (Å²) < 4.78 is 0. The second kappa shape index (κ2) is 8.10. The number of carboxylic acid groups (broad SMARTS) is 2. The maximum atomic E-state index is 12.3. The molecule has 0 aliphatic heterocycles. The number of rotatable bonds is 6. The second-order valence-electron chi connectivity index (χ2n) is 7.43.